The standard InChI is InChI=1S/C23H21BrClNO5S/c1-3-14(2)31-21(27)12-26-22(28)20(32-23(26)29)11-15-8-9-19(17(24)10-15)30-13-16-6-4-5-7-18(16)25/h4-11,14H,3,12-13H2,1-2H3/b20-11+/t14-/m1/s1. The Labute approximate surface area is 204 Å². The van der Waals surface area contributed by atoms with E-state index in [1.54, 1.807) is 37.3 Å². The highest BCUT2D eigenvalue weighted by atomic mass is 79.9. The molecule has 0 bridgehead atoms. The molecule has 9 heteroatoms. The van der Waals surface area contributed by atoms with Crippen molar-refractivity contribution in [3.63, 3.8) is 0 Å². The maximum absolute atomic E-state index is 12.6. The first-order valence-corrected chi connectivity index (χ1v) is 11.9. The number of esters is 1. The number of benzene rings is 2. The Morgan fingerprint density at radius 3 is 2.69 bits per heavy atom. The number of carbonyl (C=O) groups is 3. The zero-order valence-corrected chi connectivity index (χ0v) is 20.6. The highest BCUT2D eigenvalue weighted by Gasteiger charge is 2.36. The molecule has 1 heterocycles. The van der Waals surface area contributed by atoms with Crippen LogP contribution >= 0.6 is 39.3 Å². The molecule has 0 N–H and O–H groups in total. The molecule has 6 nitrogen and oxygen atoms in total. The van der Waals surface area contributed by atoms with Crippen LogP contribution in [0.2, 0.25) is 5.02 Å². The number of thioether (sulfide) groups is 1. The molecule has 1 aliphatic heterocycles. The summed E-state index contributed by atoms with van der Waals surface area (Å²) in [5.74, 6) is -0.509. The molecule has 0 aromatic heterocycles. The molecule has 0 radical (unpaired) electrons. The molecule has 168 valence electrons. The van der Waals surface area contributed by atoms with Crippen molar-refractivity contribution in [3.8, 4) is 5.75 Å². The van der Waals surface area contributed by atoms with Crippen molar-refractivity contribution in [3.05, 3.63) is 68.0 Å². The van der Waals surface area contributed by atoms with E-state index in [0.717, 1.165) is 22.2 Å². The molecule has 2 aromatic rings. The molecule has 1 atom stereocenters. The lowest BCUT2D eigenvalue weighted by molar-refractivity contribution is -0.150. The van der Waals surface area contributed by atoms with Crippen LogP contribution in [0.15, 0.2) is 51.8 Å². The van der Waals surface area contributed by atoms with Gasteiger partial charge >= 0.3 is 5.97 Å². The highest BCUT2D eigenvalue weighted by molar-refractivity contribution is 9.10. The first kappa shape index (κ1) is 24.4. The number of halogens is 2. The summed E-state index contributed by atoms with van der Waals surface area (Å²) in [5.41, 5.74) is 1.57. The number of hydrogen-bond donors (Lipinski definition) is 0. The summed E-state index contributed by atoms with van der Waals surface area (Å²) < 4.78 is 11.7. The second-order valence-corrected chi connectivity index (χ2v) is 9.30. The van der Waals surface area contributed by atoms with Gasteiger partial charge in [-0.15, -0.1) is 0 Å². The zero-order valence-electron chi connectivity index (χ0n) is 17.5. The van der Waals surface area contributed by atoms with E-state index < -0.39 is 23.7 Å². The van der Waals surface area contributed by atoms with E-state index >= 15 is 0 Å². The van der Waals surface area contributed by atoms with E-state index in [-0.39, 0.29) is 11.0 Å². The number of amides is 2. The fraction of sp³-hybridized carbons (Fsp3) is 0.261. The molecule has 2 amide bonds. The summed E-state index contributed by atoms with van der Waals surface area (Å²) in [6.45, 7) is 3.55. The quantitative estimate of drug-likeness (QED) is 0.300. The third kappa shape index (κ3) is 6.15. The van der Waals surface area contributed by atoms with E-state index in [0.29, 0.717) is 33.8 Å². The van der Waals surface area contributed by atoms with Crippen LogP contribution < -0.4 is 4.74 Å². The van der Waals surface area contributed by atoms with Gasteiger partial charge in [-0.3, -0.25) is 19.3 Å². The van der Waals surface area contributed by atoms with Crippen molar-refractivity contribution >= 4 is 62.5 Å². The van der Waals surface area contributed by atoms with Crippen molar-refractivity contribution in [1.82, 2.24) is 4.90 Å². The molecule has 3 rings (SSSR count). The molecule has 2 aromatic carbocycles. The van der Waals surface area contributed by atoms with Crippen LogP contribution in [0.25, 0.3) is 6.08 Å². The Kier molecular flexibility index (Phi) is 8.39. The third-order valence-corrected chi connectivity index (χ3v) is 6.56. The molecule has 0 spiro atoms. The van der Waals surface area contributed by atoms with E-state index in [1.807, 2.05) is 25.1 Å². The van der Waals surface area contributed by atoms with Crippen molar-refractivity contribution in [2.75, 3.05) is 6.54 Å². The van der Waals surface area contributed by atoms with Crippen LogP contribution in [-0.4, -0.2) is 34.7 Å². The van der Waals surface area contributed by atoms with Crippen molar-refractivity contribution in [1.29, 1.82) is 0 Å². The number of ether oxygens (including phenoxy) is 2. The van der Waals surface area contributed by atoms with Gasteiger partial charge in [-0.05, 0) is 70.9 Å². The van der Waals surface area contributed by atoms with Gasteiger partial charge in [-0.2, -0.15) is 0 Å². The summed E-state index contributed by atoms with van der Waals surface area (Å²) in [5, 5.41) is 0.130. The van der Waals surface area contributed by atoms with Gasteiger partial charge in [-0.1, -0.05) is 42.8 Å². The average molecular weight is 539 g/mol. The minimum atomic E-state index is -0.606. The fourth-order valence-corrected chi connectivity index (χ4v) is 4.30. The Hall–Kier alpha value is -2.29. The van der Waals surface area contributed by atoms with Crippen LogP contribution in [0.4, 0.5) is 4.79 Å². The molecule has 0 unspecified atom stereocenters. The van der Waals surface area contributed by atoms with Gasteiger partial charge in [0.25, 0.3) is 11.1 Å². The molecular formula is C23H21BrClNO5S. The normalized spacial score (nSPS) is 15.9. The molecule has 1 aliphatic rings. The number of carbonyl (C=O) groups excluding carboxylic acids is 3. The summed E-state index contributed by atoms with van der Waals surface area (Å²) >= 11 is 10.4. The zero-order chi connectivity index (χ0) is 23.3. The average Bonchev–Trinajstić information content (AvgIpc) is 3.01. The first-order chi connectivity index (χ1) is 15.3. The van der Waals surface area contributed by atoms with Crippen molar-refractivity contribution in [2.45, 2.75) is 33.0 Å². The Morgan fingerprint density at radius 2 is 2.00 bits per heavy atom. The second-order valence-electron chi connectivity index (χ2n) is 7.05. The Balaban J connectivity index is 1.67. The third-order valence-electron chi connectivity index (χ3n) is 4.66. The van der Waals surface area contributed by atoms with Gasteiger partial charge in [0.2, 0.25) is 0 Å². The molecular weight excluding hydrogens is 518 g/mol. The second kappa shape index (κ2) is 11.0. The Bertz CT molecular complexity index is 1070. The van der Waals surface area contributed by atoms with Gasteiger partial charge in [-0.25, -0.2) is 0 Å². The lowest BCUT2D eigenvalue weighted by Gasteiger charge is -2.14. The van der Waals surface area contributed by atoms with Gasteiger partial charge < -0.3 is 9.47 Å². The van der Waals surface area contributed by atoms with Gasteiger partial charge in [0.15, 0.2) is 0 Å². The number of hydrogen-bond acceptors (Lipinski definition) is 6. The van der Waals surface area contributed by atoms with Crippen molar-refractivity contribution in [2.24, 2.45) is 0 Å². The van der Waals surface area contributed by atoms with Crippen molar-refractivity contribution < 1.29 is 23.9 Å². The van der Waals surface area contributed by atoms with E-state index in [2.05, 4.69) is 15.9 Å². The minimum Gasteiger partial charge on any atom is -0.488 e. The number of imide groups is 1. The van der Waals surface area contributed by atoms with Crippen LogP contribution in [0.3, 0.4) is 0 Å². The summed E-state index contributed by atoms with van der Waals surface area (Å²) in [7, 11) is 0. The van der Waals surface area contributed by atoms with Gasteiger partial charge in [0.1, 0.15) is 18.9 Å². The minimum absolute atomic E-state index is 0.239. The Morgan fingerprint density at radius 1 is 1.25 bits per heavy atom. The van der Waals surface area contributed by atoms with Crippen LogP contribution in [-0.2, 0) is 20.9 Å². The lowest BCUT2D eigenvalue weighted by atomic mass is 10.2. The monoisotopic (exact) mass is 537 g/mol. The highest BCUT2D eigenvalue weighted by Crippen LogP contribution is 2.34. The summed E-state index contributed by atoms with van der Waals surface area (Å²) in [6.07, 6.45) is 1.99. The molecule has 32 heavy (non-hydrogen) atoms. The SMILES string of the molecule is CC[C@@H](C)OC(=O)CN1C(=O)S/C(=C/c2ccc(OCc3ccccc3Cl)c(Br)c2)C1=O. The van der Waals surface area contributed by atoms with Crippen LogP contribution in [0.5, 0.6) is 5.75 Å². The molecule has 1 fully saturated rings. The predicted molar refractivity (Wildman–Crippen MR) is 128 cm³/mol. The largest absolute Gasteiger partial charge is 0.488 e. The molecule has 0 saturated carbocycles. The predicted octanol–water partition coefficient (Wildman–Crippen LogP) is 6.06. The van der Waals surface area contributed by atoms with Gasteiger partial charge in [0.05, 0.1) is 15.5 Å². The van der Waals surface area contributed by atoms with E-state index in [1.165, 1.54) is 0 Å². The smallest absolute Gasteiger partial charge is 0.326 e. The van der Waals surface area contributed by atoms with Gasteiger partial charge in [0, 0.05) is 10.6 Å². The first-order valence-electron chi connectivity index (χ1n) is 9.89. The number of rotatable bonds is 8. The summed E-state index contributed by atoms with van der Waals surface area (Å²) in [6, 6.07) is 12.8. The molecule has 1 saturated heterocycles. The fourth-order valence-electron chi connectivity index (χ4n) is 2.76. The maximum Gasteiger partial charge on any atom is 0.326 e. The topological polar surface area (TPSA) is 72.9 Å². The van der Waals surface area contributed by atoms with Crippen LogP contribution in [0, 0.1) is 0 Å². The maximum atomic E-state index is 12.6. The summed E-state index contributed by atoms with van der Waals surface area (Å²) in [4.78, 5) is 37.9. The van der Waals surface area contributed by atoms with Crippen LogP contribution in [0.1, 0.15) is 31.4 Å². The lowest BCUT2D eigenvalue weighted by Crippen LogP contribution is -2.35. The molecule has 0 aliphatic carbocycles. The van der Waals surface area contributed by atoms with E-state index in [4.69, 9.17) is 21.1 Å². The van der Waals surface area contributed by atoms with E-state index in [9.17, 15) is 14.4 Å². The number of nitrogens with zero attached hydrogens (tertiary/aromatic N) is 1.